The van der Waals surface area contributed by atoms with Crippen LogP contribution in [0, 0.1) is 0 Å². The molecule has 0 bridgehead atoms. The van der Waals surface area contributed by atoms with Gasteiger partial charge in [-0.05, 0) is 31.2 Å². The quantitative estimate of drug-likeness (QED) is 0.524. The van der Waals surface area contributed by atoms with Gasteiger partial charge < -0.3 is 10.1 Å². The Morgan fingerprint density at radius 1 is 1.29 bits per heavy atom. The van der Waals surface area contributed by atoms with E-state index in [4.69, 9.17) is 4.74 Å². The van der Waals surface area contributed by atoms with Crippen LogP contribution < -0.4 is 10.0 Å². The van der Waals surface area contributed by atoms with Gasteiger partial charge in [-0.3, -0.25) is 14.3 Å². The summed E-state index contributed by atoms with van der Waals surface area (Å²) in [7, 11) is -3.84. The Bertz CT molecular complexity index is 817. The highest BCUT2D eigenvalue weighted by Gasteiger charge is 2.18. The number of aromatic nitrogens is 2. The highest BCUT2D eigenvalue weighted by molar-refractivity contribution is 7.93. The largest absolute Gasteiger partial charge is 0.466 e. The maximum Gasteiger partial charge on any atom is 0.312 e. The third-order valence-corrected chi connectivity index (χ3v) is 5.00. The monoisotopic (exact) mass is 370 g/mol. The molecule has 0 atom stereocenters. The van der Waals surface area contributed by atoms with Crippen LogP contribution in [-0.4, -0.2) is 37.6 Å². The lowest BCUT2D eigenvalue weighted by atomic mass is 10.3. The highest BCUT2D eigenvalue weighted by atomic mass is 32.2. The molecule has 2 rings (SSSR count). The van der Waals surface area contributed by atoms with E-state index < -0.39 is 16.0 Å². The Morgan fingerprint density at radius 3 is 2.62 bits per heavy atom. The predicted molar refractivity (Wildman–Crippen MR) is 87.2 cm³/mol. The van der Waals surface area contributed by atoms with Crippen LogP contribution in [0.25, 0.3) is 0 Å². The van der Waals surface area contributed by atoms with E-state index in [-0.39, 0.29) is 23.1 Å². The number of carbonyl (C=O) groups is 2. The van der Waals surface area contributed by atoms with Crippen molar-refractivity contribution < 1.29 is 22.7 Å². The highest BCUT2D eigenvalue weighted by Crippen LogP contribution is 2.21. The van der Waals surface area contributed by atoms with E-state index in [1.165, 1.54) is 24.3 Å². The Labute approximate surface area is 142 Å². The van der Waals surface area contributed by atoms with Crippen molar-refractivity contribution in [2.45, 2.75) is 18.2 Å². The fraction of sp³-hybridized carbons (Fsp3) is 0.231. The Morgan fingerprint density at radius 2 is 2.00 bits per heavy atom. The van der Waals surface area contributed by atoms with Gasteiger partial charge >= 0.3 is 5.97 Å². The van der Waals surface area contributed by atoms with Crippen molar-refractivity contribution in [3.05, 3.63) is 29.3 Å². The average molecular weight is 370 g/mol. The lowest BCUT2D eigenvalue weighted by Gasteiger charge is -2.05. The predicted octanol–water partition coefficient (Wildman–Crippen LogP) is 1.01. The number of hydrogen-bond donors (Lipinski definition) is 2. The van der Waals surface area contributed by atoms with Crippen LogP contribution in [0.1, 0.15) is 11.9 Å². The van der Waals surface area contributed by atoms with Gasteiger partial charge in [0.05, 0.1) is 17.9 Å². The van der Waals surface area contributed by atoms with Crippen molar-refractivity contribution in [2.75, 3.05) is 16.6 Å². The van der Waals surface area contributed by atoms with E-state index in [2.05, 4.69) is 20.2 Å². The van der Waals surface area contributed by atoms with Gasteiger partial charge in [0, 0.05) is 5.69 Å². The number of sulfonamides is 1. The van der Waals surface area contributed by atoms with Crippen LogP contribution in [0.4, 0.5) is 10.8 Å². The first-order valence-electron chi connectivity index (χ1n) is 6.75. The molecule has 1 amide bonds. The standard InChI is InChI=1S/C13H14N4O5S2/c1-2-22-12(19)7-11-15-16-13(23-11)17-24(20,21)10-5-3-9(4-6-10)14-8-18/h3-6,8H,2,7H2,1H3,(H,14,18)(H,16,17). The van der Waals surface area contributed by atoms with Gasteiger partial charge in [0.15, 0.2) is 0 Å². The van der Waals surface area contributed by atoms with Crippen molar-refractivity contribution >= 4 is 44.6 Å². The molecule has 0 fully saturated rings. The second-order valence-electron chi connectivity index (χ2n) is 4.37. The summed E-state index contributed by atoms with van der Waals surface area (Å²) in [6.07, 6.45) is 0.424. The SMILES string of the molecule is CCOC(=O)Cc1nnc(NS(=O)(=O)c2ccc(NC=O)cc2)s1. The molecule has 2 aromatic rings. The molecule has 1 heterocycles. The molecular weight excluding hydrogens is 356 g/mol. The van der Waals surface area contributed by atoms with E-state index in [0.717, 1.165) is 11.3 Å². The Kier molecular flexibility index (Phi) is 5.82. The van der Waals surface area contributed by atoms with E-state index >= 15 is 0 Å². The van der Waals surface area contributed by atoms with Gasteiger partial charge in [-0.2, -0.15) is 0 Å². The van der Waals surface area contributed by atoms with E-state index in [0.29, 0.717) is 17.1 Å². The average Bonchev–Trinajstić information content (AvgIpc) is 2.94. The number of nitrogens with zero attached hydrogens (tertiary/aromatic N) is 2. The summed E-state index contributed by atoms with van der Waals surface area (Å²) >= 11 is 0.948. The number of esters is 1. The topological polar surface area (TPSA) is 127 Å². The van der Waals surface area contributed by atoms with Crippen LogP contribution in [0.3, 0.4) is 0 Å². The molecular formula is C13H14N4O5S2. The minimum absolute atomic E-state index is 0.00101. The van der Waals surface area contributed by atoms with Crippen LogP contribution in [-0.2, 0) is 30.8 Å². The number of amides is 1. The zero-order valence-corrected chi connectivity index (χ0v) is 14.2. The molecule has 0 aliphatic carbocycles. The molecule has 2 N–H and O–H groups in total. The van der Waals surface area contributed by atoms with Gasteiger partial charge in [-0.15, -0.1) is 10.2 Å². The molecule has 24 heavy (non-hydrogen) atoms. The van der Waals surface area contributed by atoms with Crippen molar-refractivity contribution in [3.8, 4) is 0 Å². The zero-order chi connectivity index (χ0) is 17.6. The summed E-state index contributed by atoms with van der Waals surface area (Å²) in [6.45, 7) is 1.94. The van der Waals surface area contributed by atoms with E-state index in [1.807, 2.05) is 0 Å². The first-order chi connectivity index (χ1) is 11.4. The van der Waals surface area contributed by atoms with Crippen LogP contribution in [0.5, 0.6) is 0 Å². The third-order valence-electron chi connectivity index (χ3n) is 2.68. The summed E-state index contributed by atoms with van der Waals surface area (Å²) in [5, 5.41) is 10.2. The molecule has 0 aliphatic heterocycles. The molecule has 128 valence electrons. The molecule has 11 heteroatoms. The minimum atomic E-state index is -3.84. The van der Waals surface area contributed by atoms with Gasteiger partial charge in [-0.25, -0.2) is 8.42 Å². The van der Waals surface area contributed by atoms with E-state index in [1.54, 1.807) is 6.92 Å². The number of carbonyl (C=O) groups excluding carboxylic acids is 2. The Hall–Kier alpha value is -2.53. The van der Waals surface area contributed by atoms with Gasteiger partial charge in [0.2, 0.25) is 11.5 Å². The summed E-state index contributed by atoms with van der Waals surface area (Å²) in [5.41, 5.74) is 0.469. The number of hydrogen-bond acceptors (Lipinski definition) is 8. The third kappa shape index (κ3) is 4.73. The maximum atomic E-state index is 12.3. The van der Waals surface area contributed by atoms with Gasteiger partial charge in [0.1, 0.15) is 5.01 Å². The lowest BCUT2D eigenvalue weighted by Crippen LogP contribution is -2.12. The van der Waals surface area contributed by atoms with Crippen LogP contribution in [0.15, 0.2) is 29.2 Å². The number of ether oxygens (including phenoxy) is 1. The van der Waals surface area contributed by atoms with Gasteiger partial charge in [-0.1, -0.05) is 11.3 Å². The number of nitrogens with one attached hydrogen (secondary N) is 2. The summed E-state index contributed by atoms with van der Waals surface area (Å²) in [4.78, 5) is 21.7. The molecule has 0 spiro atoms. The molecule has 0 saturated heterocycles. The van der Waals surface area contributed by atoms with Crippen LogP contribution >= 0.6 is 11.3 Å². The number of benzene rings is 1. The van der Waals surface area contributed by atoms with Gasteiger partial charge in [0.25, 0.3) is 10.0 Å². The smallest absolute Gasteiger partial charge is 0.312 e. The molecule has 0 radical (unpaired) electrons. The number of rotatable bonds is 8. The van der Waals surface area contributed by atoms with Crippen molar-refractivity contribution in [2.24, 2.45) is 0 Å². The second-order valence-corrected chi connectivity index (χ2v) is 7.12. The first kappa shape index (κ1) is 17.8. The fourth-order valence-corrected chi connectivity index (χ4v) is 3.63. The molecule has 1 aromatic heterocycles. The molecule has 0 unspecified atom stereocenters. The molecule has 9 nitrogen and oxygen atoms in total. The second kappa shape index (κ2) is 7.84. The van der Waals surface area contributed by atoms with Crippen LogP contribution in [0.2, 0.25) is 0 Å². The minimum Gasteiger partial charge on any atom is -0.466 e. The van der Waals surface area contributed by atoms with E-state index in [9.17, 15) is 18.0 Å². The lowest BCUT2D eigenvalue weighted by molar-refractivity contribution is -0.142. The molecule has 0 aliphatic rings. The molecule has 0 saturated carbocycles. The summed E-state index contributed by atoms with van der Waals surface area (Å²) < 4.78 is 31.6. The van der Waals surface area contributed by atoms with Crippen molar-refractivity contribution in [1.29, 1.82) is 0 Å². The normalized spacial score (nSPS) is 10.9. The first-order valence-corrected chi connectivity index (χ1v) is 9.05. The number of anilines is 2. The fourth-order valence-electron chi connectivity index (χ4n) is 1.67. The van der Waals surface area contributed by atoms with Crippen molar-refractivity contribution in [1.82, 2.24) is 10.2 Å². The maximum absolute atomic E-state index is 12.3. The molecule has 1 aromatic carbocycles. The van der Waals surface area contributed by atoms with Crippen molar-refractivity contribution in [3.63, 3.8) is 0 Å². The Balaban J connectivity index is 2.07. The summed E-state index contributed by atoms with van der Waals surface area (Å²) in [5.74, 6) is -0.457. The zero-order valence-electron chi connectivity index (χ0n) is 12.6. The summed E-state index contributed by atoms with van der Waals surface area (Å²) in [6, 6.07) is 5.59.